The van der Waals surface area contributed by atoms with Crippen LogP contribution in [0.5, 0.6) is 11.8 Å². The number of likely N-dealkylation sites (tertiary alicyclic amines) is 3. The van der Waals surface area contributed by atoms with Crippen molar-refractivity contribution in [2.45, 2.75) is 141 Å². The Morgan fingerprint density at radius 1 is 1.01 bits per heavy atom. The largest absolute Gasteiger partial charge is 0.508 e. The molecule has 0 radical (unpaired) electrons. The maximum Gasteiger partial charge on any atom is 0.319 e. The third kappa shape index (κ3) is 10.7. The van der Waals surface area contributed by atoms with E-state index in [0.29, 0.717) is 61.2 Å². The Morgan fingerprint density at radius 2 is 1.81 bits per heavy atom. The summed E-state index contributed by atoms with van der Waals surface area (Å²) in [6.45, 7) is 12.7. The summed E-state index contributed by atoms with van der Waals surface area (Å²) in [5.74, 6) is 0.451. The normalized spacial score (nSPS) is 23.2. The van der Waals surface area contributed by atoms with Crippen LogP contribution >= 0.6 is 11.3 Å². The summed E-state index contributed by atoms with van der Waals surface area (Å²) in [7, 11) is 0. The summed E-state index contributed by atoms with van der Waals surface area (Å²) in [5.41, 5.74) is 3.48. The maximum atomic E-state index is 17.3. The number of hydrogen-bond donors (Lipinski definition) is 4. The second-order valence-electron chi connectivity index (χ2n) is 23.1. The summed E-state index contributed by atoms with van der Waals surface area (Å²) in [6, 6.07) is 7.29. The number of carbonyl (C=O) groups excluding carboxylic acids is 3. The molecule has 414 valence electrons. The number of terminal acetylenes is 1. The van der Waals surface area contributed by atoms with Crippen LogP contribution in [-0.2, 0) is 14.4 Å². The number of phenols is 1. The first-order valence-corrected chi connectivity index (χ1v) is 28.4. The number of ether oxygens (including phenoxy) is 1. The summed E-state index contributed by atoms with van der Waals surface area (Å²) in [4.78, 5) is 74.8. The lowest BCUT2D eigenvalue weighted by Crippen LogP contribution is -2.59. The van der Waals surface area contributed by atoms with E-state index in [1.807, 2.05) is 46.8 Å². The molecule has 79 heavy (non-hydrogen) atoms. The van der Waals surface area contributed by atoms with Crippen molar-refractivity contribution in [1.29, 1.82) is 0 Å². The van der Waals surface area contributed by atoms with Crippen LogP contribution in [0, 0.1) is 36.3 Å². The Bertz CT molecular complexity index is 3350. The number of aryl methyl sites for hydroxylation is 1. The van der Waals surface area contributed by atoms with Gasteiger partial charge < -0.3 is 40.3 Å². The number of fused-ring (bicyclic) bond motifs is 4. The number of halogens is 2. The third-order valence-electron chi connectivity index (χ3n) is 16.7. The molecule has 11 rings (SSSR count). The number of β-amino-alcohol motifs (C(OH)–C–C–N with tert-alkyl or cyclic N) is 1. The number of anilines is 1. The lowest BCUT2D eigenvalue weighted by Gasteiger charge is -2.43. The molecule has 5 aliphatic rings. The molecule has 8 atom stereocenters. The zero-order chi connectivity index (χ0) is 55.4. The van der Waals surface area contributed by atoms with E-state index in [0.717, 1.165) is 54.8 Å². The number of pyridine rings is 2. The van der Waals surface area contributed by atoms with Crippen molar-refractivity contribution in [1.82, 2.24) is 50.3 Å². The highest BCUT2D eigenvalue weighted by molar-refractivity contribution is 7.13. The van der Waals surface area contributed by atoms with Crippen LogP contribution in [0.25, 0.3) is 43.4 Å². The van der Waals surface area contributed by atoms with Crippen molar-refractivity contribution in [3.05, 3.63) is 82.9 Å². The van der Waals surface area contributed by atoms with Gasteiger partial charge in [0.2, 0.25) is 17.7 Å². The van der Waals surface area contributed by atoms with Gasteiger partial charge in [-0.1, -0.05) is 38.8 Å². The first kappa shape index (κ1) is 54.1. The van der Waals surface area contributed by atoms with Crippen molar-refractivity contribution in [2.24, 2.45) is 5.41 Å². The van der Waals surface area contributed by atoms with Gasteiger partial charge in [0.25, 0.3) is 0 Å². The molecule has 4 aromatic heterocycles. The zero-order valence-electron chi connectivity index (χ0n) is 45.2. The molecule has 3 amide bonds. The van der Waals surface area contributed by atoms with Gasteiger partial charge >= 0.3 is 6.01 Å². The summed E-state index contributed by atoms with van der Waals surface area (Å²) < 4.78 is 38.9. The number of carbonyl (C=O) groups is 3. The average Bonchev–Trinajstić information content (AvgIpc) is 4.40. The molecule has 0 aliphatic carbocycles. The number of aromatic nitrogens is 5. The predicted octanol–water partition coefficient (Wildman–Crippen LogP) is 7.45. The van der Waals surface area contributed by atoms with E-state index in [4.69, 9.17) is 16.1 Å². The quantitative estimate of drug-likeness (QED) is 0.0739. The second kappa shape index (κ2) is 22.0. The van der Waals surface area contributed by atoms with Gasteiger partial charge in [0.05, 0.1) is 44.9 Å². The molecule has 2 unspecified atom stereocenters. The van der Waals surface area contributed by atoms with Crippen molar-refractivity contribution in [3.63, 3.8) is 0 Å². The van der Waals surface area contributed by atoms with E-state index in [-0.39, 0.29) is 95.0 Å². The van der Waals surface area contributed by atoms with Gasteiger partial charge in [-0.15, -0.1) is 17.8 Å². The van der Waals surface area contributed by atoms with Crippen LogP contribution in [0.4, 0.5) is 14.6 Å². The van der Waals surface area contributed by atoms with Crippen molar-refractivity contribution < 1.29 is 38.1 Å². The van der Waals surface area contributed by atoms with Crippen LogP contribution in [0.2, 0.25) is 0 Å². The Hall–Kier alpha value is -6.92. The number of hydrogen-bond acceptors (Lipinski definition) is 15. The van der Waals surface area contributed by atoms with Gasteiger partial charge in [0.15, 0.2) is 5.82 Å². The Balaban J connectivity index is 0.776. The molecule has 0 saturated carbocycles. The van der Waals surface area contributed by atoms with E-state index in [2.05, 4.69) is 46.3 Å². The average molecular weight is 1100 g/mol. The highest BCUT2D eigenvalue weighted by Crippen LogP contribution is 2.41. The molecule has 6 aromatic rings. The van der Waals surface area contributed by atoms with Gasteiger partial charge in [-0.05, 0) is 107 Å². The summed E-state index contributed by atoms with van der Waals surface area (Å²) >= 11 is 1.54. The highest BCUT2D eigenvalue weighted by atomic mass is 32.1. The topological polar surface area (TPSA) is 202 Å². The van der Waals surface area contributed by atoms with Crippen LogP contribution < -0.4 is 20.3 Å². The minimum atomic E-state index is -0.933. The fraction of sp³-hybridized carbons (Fsp3) is 0.492. The third-order valence-corrected chi connectivity index (χ3v) is 17.6. The van der Waals surface area contributed by atoms with Gasteiger partial charge in [0.1, 0.15) is 47.3 Å². The molecule has 2 aromatic carbocycles. The molecule has 5 fully saturated rings. The number of aliphatic hydroxyl groups is 1. The molecule has 4 N–H and O–H groups in total. The zero-order valence-corrected chi connectivity index (χ0v) is 46.0. The monoisotopic (exact) mass is 1100 g/mol. The molecule has 9 heterocycles. The fourth-order valence-corrected chi connectivity index (χ4v) is 13.6. The lowest BCUT2D eigenvalue weighted by atomic mass is 9.83. The molecular formula is C59H67F2N11O6S. The first-order valence-electron chi connectivity index (χ1n) is 27.6. The standard InChI is InChI=1S/C59H67F2N11O6S/c1-7-42-45(60)17-12-34-22-40(73)23-43(49(34)42)51-50(61)52-44(26-63-51)55(70-27-36-14-15-37(28-70)66-36)68-58(67-52)78-30-39-11-9-21-69(39)20-8-10-38-16-19-48(75)72(38)54(59(4,5)6)57(77)71-29-41(74)24-47(71)56(76)65-32(2)46-18-13-35(25-62-46)53-33(3)64-31-79-53/h1,12-13,17-18,22-23,25-26,31-32,36-39,41,47,54,66,73-74H,8-11,14-16,19-21,24,27-30H2,2-6H3,(H,65,76)/t32-,36?,37?,38-,39-,41+,47-,54+/m0/s1. The van der Waals surface area contributed by atoms with Crippen LogP contribution in [0.3, 0.4) is 0 Å². The lowest BCUT2D eigenvalue weighted by molar-refractivity contribution is -0.152. The first-order chi connectivity index (χ1) is 37.9. The van der Waals surface area contributed by atoms with Crippen LogP contribution in [0.1, 0.15) is 108 Å². The molecule has 17 nitrogen and oxygen atoms in total. The maximum absolute atomic E-state index is 17.3. The minimum absolute atomic E-state index is 0.00726. The van der Waals surface area contributed by atoms with E-state index >= 15 is 8.78 Å². The highest BCUT2D eigenvalue weighted by Gasteiger charge is 2.50. The van der Waals surface area contributed by atoms with E-state index in [9.17, 15) is 24.6 Å². The Morgan fingerprint density at radius 3 is 2.53 bits per heavy atom. The van der Waals surface area contributed by atoms with Gasteiger partial charge in [-0.25, -0.2) is 13.8 Å². The van der Waals surface area contributed by atoms with E-state index in [1.165, 1.54) is 46.7 Å². The van der Waals surface area contributed by atoms with Gasteiger partial charge in [-0.3, -0.25) is 29.3 Å². The number of piperazine rings is 1. The minimum Gasteiger partial charge on any atom is -0.508 e. The Kier molecular flexibility index (Phi) is 15.0. The van der Waals surface area contributed by atoms with Crippen molar-refractivity contribution in [3.8, 4) is 45.8 Å². The molecule has 5 aliphatic heterocycles. The number of amides is 3. The number of nitrogens with zero attached hydrogens (tertiary/aromatic N) is 9. The number of aromatic hydroxyl groups is 1. The number of phenolic OH excluding ortho intramolecular Hbond substituents is 1. The van der Waals surface area contributed by atoms with E-state index in [1.54, 1.807) is 16.6 Å². The molecule has 5 saturated heterocycles. The predicted molar refractivity (Wildman–Crippen MR) is 297 cm³/mol. The second-order valence-corrected chi connectivity index (χ2v) is 24.0. The molecule has 0 spiro atoms. The van der Waals surface area contributed by atoms with Crippen LogP contribution in [0.15, 0.2) is 54.3 Å². The van der Waals surface area contributed by atoms with Gasteiger partial charge in [-0.2, -0.15) is 9.97 Å². The number of rotatable bonds is 15. The number of thiazole rings is 1. The number of aliphatic hydroxyl groups excluding tert-OH is 1. The molecular weight excluding hydrogens is 1030 g/mol. The number of benzene rings is 2. The fourth-order valence-electron chi connectivity index (χ4n) is 12.8. The van der Waals surface area contributed by atoms with Crippen molar-refractivity contribution in [2.75, 3.05) is 44.2 Å². The summed E-state index contributed by atoms with van der Waals surface area (Å²) in [6.07, 6.45) is 14.3. The molecule has 2 bridgehead atoms. The summed E-state index contributed by atoms with van der Waals surface area (Å²) in [5, 5.41) is 29.5. The van der Waals surface area contributed by atoms with Crippen LogP contribution in [-0.4, -0.2) is 149 Å². The van der Waals surface area contributed by atoms with E-state index < -0.39 is 47.2 Å². The Labute approximate surface area is 462 Å². The molecule has 20 heteroatoms. The number of nitrogens with one attached hydrogen (secondary N) is 2. The smallest absolute Gasteiger partial charge is 0.319 e. The SMILES string of the molecule is C#Cc1c(F)ccc2cc(O)cc(-c3ncc4c(N5CC6CCC(C5)N6)nc(OC[C@@H]5CCCN5CCC[C@H]5CCC(=O)N5[C@H](C(=O)N5C[C@H](O)C[C@H]5C(=O)N[C@@H](C)c5ccc(-c6scnc6C)cn5)C(C)(C)C)nc4c3F)c12. The van der Waals surface area contributed by atoms with Crippen molar-refractivity contribution >= 4 is 56.6 Å². The van der Waals surface area contributed by atoms with Gasteiger partial charge in [0, 0.05) is 85.6 Å².